The molecule has 2 rings (SSSR count). The van der Waals surface area contributed by atoms with Gasteiger partial charge in [-0.15, -0.1) is 0 Å². The number of aromatic nitrogens is 2. The van der Waals surface area contributed by atoms with Crippen molar-refractivity contribution in [3.63, 3.8) is 0 Å². The molecule has 1 aromatic heterocycles. The number of nitrogens with two attached hydrogens (primary N) is 1. The van der Waals surface area contributed by atoms with Crippen LogP contribution < -0.4 is 11.1 Å². The van der Waals surface area contributed by atoms with Gasteiger partial charge in [0.25, 0.3) is 0 Å². The highest BCUT2D eigenvalue weighted by Crippen LogP contribution is 2.36. The first-order valence-corrected chi connectivity index (χ1v) is 6.55. The zero-order chi connectivity index (χ0) is 12.4. The lowest BCUT2D eigenvalue weighted by Gasteiger charge is -2.11. The van der Waals surface area contributed by atoms with Crippen LogP contribution in [0.2, 0.25) is 0 Å². The standard InChI is InChI=1S/C13H22N4/c1-4-6-11-16-12(14)8(3)13(17-11)15-10-7-9(10)5-2/h9-10H,4-7H2,1-3H3,(H3,14,15,16,17). The molecule has 0 radical (unpaired) electrons. The highest BCUT2D eigenvalue weighted by Gasteiger charge is 2.35. The Labute approximate surface area is 103 Å². The maximum atomic E-state index is 5.92. The van der Waals surface area contributed by atoms with E-state index in [9.17, 15) is 0 Å². The van der Waals surface area contributed by atoms with Gasteiger partial charge in [-0.05, 0) is 25.7 Å². The van der Waals surface area contributed by atoms with Crippen molar-refractivity contribution in [1.29, 1.82) is 0 Å². The maximum absolute atomic E-state index is 5.92. The molecule has 1 fully saturated rings. The summed E-state index contributed by atoms with van der Waals surface area (Å²) in [4.78, 5) is 8.89. The number of nitrogens with zero attached hydrogens (tertiary/aromatic N) is 2. The second kappa shape index (κ2) is 4.90. The minimum Gasteiger partial charge on any atom is -0.383 e. The van der Waals surface area contributed by atoms with Crippen LogP contribution in [0.5, 0.6) is 0 Å². The van der Waals surface area contributed by atoms with Crippen molar-refractivity contribution < 1.29 is 0 Å². The Morgan fingerprint density at radius 3 is 2.71 bits per heavy atom. The van der Waals surface area contributed by atoms with Crippen LogP contribution >= 0.6 is 0 Å². The van der Waals surface area contributed by atoms with E-state index in [1.807, 2.05) is 6.92 Å². The van der Waals surface area contributed by atoms with Crippen molar-refractivity contribution in [3.05, 3.63) is 11.4 Å². The zero-order valence-electron chi connectivity index (χ0n) is 11.0. The van der Waals surface area contributed by atoms with Crippen LogP contribution in [0.3, 0.4) is 0 Å². The van der Waals surface area contributed by atoms with E-state index in [0.29, 0.717) is 11.9 Å². The lowest BCUT2D eigenvalue weighted by atomic mass is 10.2. The topological polar surface area (TPSA) is 63.8 Å². The molecule has 3 N–H and O–H groups in total. The van der Waals surface area contributed by atoms with Crippen LogP contribution in [0.4, 0.5) is 11.6 Å². The molecular formula is C13H22N4. The van der Waals surface area contributed by atoms with Crippen LogP contribution in [-0.2, 0) is 6.42 Å². The van der Waals surface area contributed by atoms with E-state index in [1.165, 1.54) is 12.8 Å². The molecule has 17 heavy (non-hydrogen) atoms. The third kappa shape index (κ3) is 2.68. The van der Waals surface area contributed by atoms with Gasteiger partial charge in [-0.1, -0.05) is 20.3 Å². The lowest BCUT2D eigenvalue weighted by molar-refractivity contribution is 0.770. The first-order valence-electron chi connectivity index (χ1n) is 6.55. The molecule has 4 heteroatoms. The highest BCUT2D eigenvalue weighted by molar-refractivity contribution is 5.55. The Hall–Kier alpha value is -1.32. The molecule has 1 aliphatic carbocycles. The molecule has 1 aliphatic rings. The summed E-state index contributed by atoms with van der Waals surface area (Å²) in [7, 11) is 0. The first kappa shape index (κ1) is 12.1. The number of nitrogens with one attached hydrogen (secondary N) is 1. The fourth-order valence-electron chi connectivity index (χ4n) is 2.11. The van der Waals surface area contributed by atoms with Crippen LogP contribution in [0.1, 0.15) is 44.5 Å². The second-order valence-electron chi connectivity index (χ2n) is 4.90. The molecule has 0 bridgehead atoms. The van der Waals surface area contributed by atoms with Crippen LogP contribution in [-0.4, -0.2) is 16.0 Å². The van der Waals surface area contributed by atoms with Crippen LogP contribution in [0, 0.1) is 12.8 Å². The molecular weight excluding hydrogens is 212 g/mol. The number of hydrogen-bond acceptors (Lipinski definition) is 4. The SMILES string of the molecule is CCCc1nc(N)c(C)c(NC2CC2CC)n1. The monoisotopic (exact) mass is 234 g/mol. The van der Waals surface area contributed by atoms with Gasteiger partial charge in [-0.3, -0.25) is 0 Å². The first-order chi connectivity index (χ1) is 8.15. The van der Waals surface area contributed by atoms with Gasteiger partial charge in [0, 0.05) is 18.0 Å². The Morgan fingerprint density at radius 1 is 1.35 bits per heavy atom. The van der Waals surface area contributed by atoms with Gasteiger partial charge in [0.2, 0.25) is 0 Å². The van der Waals surface area contributed by atoms with E-state index >= 15 is 0 Å². The summed E-state index contributed by atoms with van der Waals surface area (Å²) < 4.78 is 0. The minimum atomic E-state index is 0.586. The van der Waals surface area contributed by atoms with E-state index in [-0.39, 0.29) is 0 Å². The van der Waals surface area contributed by atoms with E-state index in [0.717, 1.165) is 36.0 Å². The molecule has 2 atom stereocenters. The van der Waals surface area contributed by atoms with Crippen LogP contribution in [0.25, 0.3) is 0 Å². The molecule has 0 saturated heterocycles. The molecule has 0 aliphatic heterocycles. The van der Waals surface area contributed by atoms with Gasteiger partial charge in [0.05, 0.1) is 0 Å². The van der Waals surface area contributed by atoms with Gasteiger partial charge in [0.1, 0.15) is 17.5 Å². The van der Waals surface area contributed by atoms with Gasteiger partial charge < -0.3 is 11.1 Å². The molecule has 0 aromatic carbocycles. The molecule has 1 aromatic rings. The maximum Gasteiger partial charge on any atom is 0.134 e. The Morgan fingerprint density at radius 2 is 2.12 bits per heavy atom. The summed E-state index contributed by atoms with van der Waals surface area (Å²) in [6, 6.07) is 0.586. The van der Waals surface area contributed by atoms with Gasteiger partial charge in [-0.25, -0.2) is 9.97 Å². The number of nitrogen functional groups attached to an aromatic ring is 1. The Bertz CT molecular complexity index is 403. The molecule has 1 saturated carbocycles. The van der Waals surface area contributed by atoms with E-state index in [1.54, 1.807) is 0 Å². The summed E-state index contributed by atoms with van der Waals surface area (Å²) in [6.45, 7) is 6.34. The van der Waals surface area contributed by atoms with E-state index in [4.69, 9.17) is 5.73 Å². The highest BCUT2D eigenvalue weighted by atomic mass is 15.1. The van der Waals surface area contributed by atoms with Crippen molar-refractivity contribution in [3.8, 4) is 0 Å². The largest absolute Gasteiger partial charge is 0.383 e. The number of hydrogen-bond donors (Lipinski definition) is 2. The smallest absolute Gasteiger partial charge is 0.134 e. The molecule has 1 heterocycles. The number of aryl methyl sites for hydroxylation is 1. The minimum absolute atomic E-state index is 0.586. The summed E-state index contributed by atoms with van der Waals surface area (Å²) >= 11 is 0. The van der Waals surface area contributed by atoms with Gasteiger partial charge >= 0.3 is 0 Å². The van der Waals surface area contributed by atoms with E-state index in [2.05, 4.69) is 29.1 Å². The van der Waals surface area contributed by atoms with Crippen molar-refractivity contribution >= 4 is 11.6 Å². The van der Waals surface area contributed by atoms with Crippen molar-refractivity contribution in [1.82, 2.24) is 9.97 Å². The van der Waals surface area contributed by atoms with Crippen molar-refractivity contribution in [2.75, 3.05) is 11.1 Å². The number of rotatable bonds is 5. The summed E-state index contributed by atoms with van der Waals surface area (Å²) in [5, 5.41) is 3.49. The van der Waals surface area contributed by atoms with Gasteiger partial charge in [-0.2, -0.15) is 0 Å². The molecule has 0 spiro atoms. The van der Waals surface area contributed by atoms with Crippen molar-refractivity contribution in [2.24, 2.45) is 5.92 Å². The van der Waals surface area contributed by atoms with Gasteiger partial charge in [0.15, 0.2) is 0 Å². The quantitative estimate of drug-likeness (QED) is 0.821. The third-order valence-corrected chi connectivity index (χ3v) is 3.47. The third-order valence-electron chi connectivity index (χ3n) is 3.47. The van der Waals surface area contributed by atoms with Crippen LogP contribution in [0.15, 0.2) is 0 Å². The Balaban J connectivity index is 2.14. The summed E-state index contributed by atoms with van der Waals surface area (Å²) in [5.41, 5.74) is 6.90. The molecule has 0 amide bonds. The molecule has 94 valence electrons. The fourth-order valence-corrected chi connectivity index (χ4v) is 2.11. The zero-order valence-corrected chi connectivity index (χ0v) is 11.0. The lowest BCUT2D eigenvalue weighted by Crippen LogP contribution is -2.12. The summed E-state index contributed by atoms with van der Waals surface area (Å²) in [5.74, 6) is 3.20. The Kier molecular flexibility index (Phi) is 3.50. The average Bonchev–Trinajstić information content (AvgIpc) is 3.04. The normalized spacial score (nSPS) is 22.5. The molecule has 4 nitrogen and oxygen atoms in total. The predicted octanol–water partition coefficient (Wildman–Crippen LogP) is 2.53. The summed E-state index contributed by atoms with van der Waals surface area (Å²) in [6.07, 6.45) is 4.42. The van der Waals surface area contributed by atoms with Crippen molar-refractivity contribution in [2.45, 2.75) is 52.5 Å². The number of anilines is 2. The average molecular weight is 234 g/mol. The van der Waals surface area contributed by atoms with E-state index < -0.39 is 0 Å². The second-order valence-corrected chi connectivity index (χ2v) is 4.90. The molecule has 2 unspecified atom stereocenters. The predicted molar refractivity (Wildman–Crippen MR) is 71.0 cm³/mol. The fraction of sp³-hybridized carbons (Fsp3) is 0.692.